The molecule has 1 heterocycles. The standard InChI is InChI=1S/C7H6BrNO3/c8-4-1-6(10)5(9-3-4)2-7(11)12/h1,3,10H,2H2,(H,11,12). The van der Waals surface area contributed by atoms with Crippen molar-refractivity contribution in [3.8, 4) is 5.75 Å². The molecule has 0 saturated carbocycles. The Morgan fingerprint density at radius 2 is 2.33 bits per heavy atom. The highest BCUT2D eigenvalue weighted by Crippen LogP contribution is 2.19. The smallest absolute Gasteiger partial charge is 0.309 e. The van der Waals surface area contributed by atoms with Gasteiger partial charge in [-0.1, -0.05) is 0 Å². The van der Waals surface area contributed by atoms with Crippen LogP contribution in [0.5, 0.6) is 5.75 Å². The zero-order chi connectivity index (χ0) is 9.14. The summed E-state index contributed by atoms with van der Waals surface area (Å²) in [5.74, 6) is -1.12. The van der Waals surface area contributed by atoms with Gasteiger partial charge in [-0.3, -0.25) is 9.78 Å². The highest BCUT2D eigenvalue weighted by Gasteiger charge is 2.07. The Kier molecular flexibility index (Phi) is 2.65. The summed E-state index contributed by atoms with van der Waals surface area (Å²) in [6, 6.07) is 1.41. The first-order valence-corrected chi connectivity index (χ1v) is 3.94. The SMILES string of the molecule is O=C(O)Cc1ncc(Br)cc1O. The van der Waals surface area contributed by atoms with Crippen molar-refractivity contribution in [2.75, 3.05) is 0 Å². The number of carbonyl (C=O) groups is 1. The number of nitrogens with zero attached hydrogens (tertiary/aromatic N) is 1. The lowest BCUT2D eigenvalue weighted by molar-refractivity contribution is -0.136. The summed E-state index contributed by atoms with van der Waals surface area (Å²) < 4.78 is 0.620. The predicted octanol–water partition coefficient (Wildman–Crippen LogP) is 1.18. The van der Waals surface area contributed by atoms with E-state index in [9.17, 15) is 9.90 Å². The average molecular weight is 232 g/mol. The number of halogens is 1. The minimum absolute atomic E-state index is 0.105. The largest absolute Gasteiger partial charge is 0.506 e. The number of aromatic nitrogens is 1. The fraction of sp³-hybridized carbons (Fsp3) is 0.143. The normalized spacial score (nSPS) is 9.75. The zero-order valence-corrected chi connectivity index (χ0v) is 7.58. The molecule has 0 aliphatic carbocycles. The van der Waals surface area contributed by atoms with Crippen LogP contribution in [0.25, 0.3) is 0 Å². The molecule has 0 unspecified atom stereocenters. The quantitative estimate of drug-likeness (QED) is 0.802. The summed E-state index contributed by atoms with van der Waals surface area (Å²) >= 11 is 3.09. The summed E-state index contributed by atoms with van der Waals surface area (Å²) in [5, 5.41) is 17.6. The van der Waals surface area contributed by atoms with Gasteiger partial charge < -0.3 is 10.2 Å². The minimum atomic E-state index is -1.01. The van der Waals surface area contributed by atoms with Crippen molar-refractivity contribution in [3.63, 3.8) is 0 Å². The number of aliphatic carboxylic acids is 1. The summed E-state index contributed by atoms with van der Waals surface area (Å²) in [6.07, 6.45) is 1.18. The van der Waals surface area contributed by atoms with Gasteiger partial charge in [0.25, 0.3) is 0 Å². The van der Waals surface area contributed by atoms with Crippen LogP contribution in [0.15, 0.2) is 16.7 Å². The van der Waals surface area contributed by atoms with E-state index in [1.54, 1.807) is 0 Å². The van der Waals surface area contributed by atoms with Crippen molar-refractivity contribution < 1.29 is 15.0 Å². The topological polar surface area (TPSA) is 70.4 Å². The van der Waals surface area contributed by atoms with E-state index in [-0.39, 0.29) is 17.9 Å². The molecule has 64 valence electrons. The molecule has 5 heteroatoms. The van der Waals surface area contributed by atoms with Crippen molar-refractivity contribution in [1.82, 2.24) is 4.98 Å². The van der Waals surface area contributed by atoms with Gasteiger partial charge in [0.2, 0.25) is 0 Å². The molecule has 0 bridgehead atoms. The molecule has 12 heavy (non-hydrogen) atoms. The molecule has 1 aromatic heterocycles. The summed E-state index contributed by atoms with van der Waals surface area (Å²) in [7, 11) is 0. The fourth-order valence-electron chi connectivity index (χ4n) is 0.736. The predicted molar refractivity (Wildman–Crippen MR) is 44.9 cm³/mol. The summed E-state index contributed by atoms with van der Waals surface area (Å²) in [4.78, 5) is 14.0. The molecule has 0 aliphatic heterocycles. The van der Waals surface area contributed by atoms with Crippen molar-refractivity contribution in [2.45, 2.75) is 6.42 Å². The highest BCUT2D eigenvalue weighted by atomic mass is 79.9. The molecule has 0 radical (unpaired) electrons. The Bertz CT molecular complexity index is 314. The molecular weight excluding hydrogens is 226 g/mol. The summed E-state index contributed by atoms with van der Waals surface area (Å²) in [6.45, 7) is 0. The first-order chi connectivity index (χ1) is 5.59. The highest BCUT2D eigenvalue weighted by molar-refractivity contribution is 9.10. The maximum Gasteiger partial charge on any atom is 0.309 e. The van der Waals surface area contributed by atoms with Crippen LogP contribution < -0.4 is 0 Å². The second-order valence-electron chi connectivity index (χ2n) is 2.19. The minimum Gasteiger partial charge on any atom is -0.506 e. The van der Waals surface area contributed by atoms with E-state index < -0.39 is 5.97 Å². The van der Waals surface area contributed by atoms with Crippen LogP contribution in [0.3, 0.4) is 0 Å². The van der Waals surface area contributed by atoms with Crippen LogP contribution in [0.4, 0.5) is 0 Å². The zero-order valence-electron chi connectivity index (χ0n) is 5.99. The van der Waals surface area contributed by atoms with E-state index in [1.807, 2.05) is 0 Å². The second-order valence-corrected chi connectivity index (χ2v) is 3.11. The van der Waals surface area contributed by atoms with Crippen LogP contribution in [-0.2, 0) is 11.2 Å². The molecule has 0 spiro atoms. The van der Waals surface area contributed by atoms with Crippen LogP contribution >= 0.6 is 15.9 Å². The average Bonchev–Trinajstić information content (AvgIpc) is 1.94. The number of carboxylic acid groups (broad SMARTS) is 1. The van der Waals surface area contributed by atoms with Gasteiger partial charge in [0.15, 0.2) is 0 Å². The van der Waals surface area contributed by atoms with Crippen LogP contribution in [-0.4, -0.2) is 21.2 Å². The molecule has 0 aliphatic rings. The number of pyridine rings is 1. The first kappa shape index (κ1) is 8.99. The lowest BCUT2D eigenvalue weighted by Crippen LogP contribution is -2.02. The van der Waals surface area contributed by atoms with Gasteiger partial charge in [-0.2, -0.15) is 0 Å². The van der Waals surface area contributed by atoms with Crippen LogP contribution in [0, 0.1) is 0 Å². The maximum atomic E-state index is 10.2. The number of carboxylic acids is 1. The third-order valence-corrected chi connectivity index (χ3v) is 1.67. The van der Waals surface area contributed by atoms with Gasteiger partial charge in [-0.15, -0.1) is 0 Å². The van der Waals surface area contributed by atoms with Crippen molar-refractivity contribution >= 4 is 21.9 Å². The van der Waals surface area contributed by atoms with Gasteiger partial charge in [0.1, 0.15) is 5.75 Å². The molecule has 0 fully saturated rings. The number of hydrogen-bond donors (Lipinski definition) is 2. The van der Waals surface area contributed by atoms with E-state index in [1.165, 1.54) is 12.3 Å². The molecule has 1 rings (SSSR count). The van der Waals surface area contributed by atoms with Crippen molar-refractivity contribution in [2.24, 2.45) is 0 Å². The number of hydrogen-bond acceptors (Lipinski definition) is 3. The number of aromatic hydroxyl groups is 1. The fourth-order valence-corrected chi connectivity index (χ4v) is 1.06. The Balaban J connectivity index is 2.93. The molecule has 0 atom stereocenters. The molecule has 2 N–H and O–H groups in total. The Morgan fingerprint density at radius 1 is 1.67 bits per heavy atom. The molecule has 0 saturated heterocycles. The summed E-state index contributed by atoms with van der Waals surface area (Å²) in [5.41, 5.74) is 0.172. The van der Waals surface area contributed by atoms with Gasteiger partial charge in [-0.25, -0.2) is 0 Å². The van der Waals surface area contributed by atoms with Gasteiger partial charge in [0.05, 0.1) is 12.1 Å². The van der Waals surface area contributed by atoms with Crippen molar-refractivity contribution in [3.05, 3.63) is 22.4 Å². The van der Waals surface area contributed by atoms with Crippen LogP contribution in [0.1, 0.15) is 5.69 Å². The molecule has 0 amide bonds. The molecule has 1 aromatic rings. The van der Waals surface area contributed by atoms with Gasteiger partial charge >= 0.3 is 5.97 Å². The van der Waals surface area contributed by atoms with E-state index >= 15 is 0 Å². The second kappa shape index (κ2) is 3.53. The Labute approximate surface area is 77.0 Å². The Morgan fingerprint density at radius 3 is 2.83 bits per heavy atom. The first-order valence-electron chi connectivity index (χ1n) is 3.15. The third kappa shape index (κ3) is 2.20. The lowest BCUT2D eigenvalue weighted by Gasteiger charge is -1.99. The van der Waals surface area contributed by atoms with Gasteiger partial charge in [0, 0.05) is 10.7 Å². The molecule has 0 aromatic carbocycles. The lowest BCUT2D eigenvalue weighted by atomic mass is 10.2. The molecular formula is C7H6BrNO3. The van der Waals surface area contributed by atoms with Crippen molar-refractivity contribution in [1.29, 1.82) is 0 Å². The van der Waals surface area contributed by atoms with E-state index in [2.05, 4.69) is 20.9 Å². The Hall–Kier alpha value is -1.10. The monoisotopic (exact) mass is 231 g/mol. The number of rotatable bonds is 2. The van der Waals surface area contributed by atoms with E-state index in [0.717, 1.165) is 0 Å². The van der Waals surface area contributed by atoms with Gasteiger partial charge in [-0.05, 0) is 22.0 Å². The van der Waals surface area contributed by atoms with E-state index in [0.29, 0.717) is 4.47 Å². The maximum absolute atomic E-state index is 10.2. The third-order valence-electron chi connectivity index (χ3n) is 1.23. The molecule has 4 nitrogen and oxygen atoms in total. The van der Waals surface area contributed by atoms with E-state index in [4.69, 9.17) is 5.11 Å². The van der Waals surface area contributed by atoms with Crippen LogP contribution in [0.2, 0.25) is 0 Å².